The van der Waals surface area contributed by atoms with E-state index < -0.39 is 5.97 Å². The topological polar surface area (TPSA) is 108 Å². The third-order valence-corrected chi connectivity index (χ3v) is 6.02. The van der Waals surface area contributed by atoms with E-state index in [-0.39, 0.29) is 16.9 Å². The van der Waals surface area contributed by atoms with Crippen molar-refractivity contribution in [2.24, 2.45) is 0 Å². The van der Waals surface area contributed by atoms with E-state index in [2.05, 4.69) is 10.3 Å². The summed E-state index contributed by atoms with van der Waals surface area (Å²) in [4.78, 5) is 40.0. The van der Waals surface area contributed by atoms with Gasteiger partial charge >= 0.3 is 5.97 Å². The van der Waals surface area contributed by atoms with Crippen LogP contribution in [0.15, 0.2) is 71.7 Å². The number of rotatable bonds is 6. The van der Waals surface area contributed by atoms with Gasteiger partial charge in [-0.3, -0.25) is 9.59 Å². The highest BCUT2D eigenvalue weighted by Crippen LogP contribution is 2.25. The molecule has 34 heavy (non-hydrogen) atoms. The van der Waals surface area contributed by atoms with E-state index in [0.29, 0.717) is 41.6 Å². The van der Waals surface area contributed by atoms with Gasteiger partial charge in [0.25, 0.3) is 5.91 Å². The Morgan fingerprint density at radius 3 is 2.53 bits per heavy atom. The molecule has 3 aromatic carbocycles. The highest BCUT2D eigenvalue weighted by Gasteiger charge is 2.14. The Kier molecular flexibility index (Phi) is 5.59. The number of H-pyrrole nitrogens is 1. The third-order valence-electron chi connectivity index (χ3n) is 6.02. The molecule has 7 nitrogen and oxygen atoms in total. The lowest BCUT2D eigenvalue weighted by Crippen LogP contribution is -2.23. The number of carboxylic acid groups (broad SMARTS) is 1. The zero-order chi connectivity index (χ0) is 23.7. The number of ether oxygens (including phenoxy) is 1. The molecule has 0 atom stereocenters. The van der Waals surface area contributed by atoms with Crippen LogP contribution in [-0.4, -0.2) is 28.6 Å². The summed E-state index contributed by atoms with van der Waals surface area (Å²) in [5.41, 5.74) is 4.58. The number of nitrogens with one attached hydrogen (secondary N) is 2. The number of carboxylic acids is 1. The molecule has 0 saturated carbocycles. The molecule has 1 aliphatic rings. The number of aromatic amines is 1. The number of hydrogen-bond acceptors (Lipinski definition) is 4. The number of aromatic carboxylic acids is 1. The van der Waals surface area contributed by atoms with Crippen LogP contribution < -0.4 is 15.5 Å². The first-order chi connectivity index (χ1) is 16.5. The lowest BCUT2D eigenvalue weighted by Gasteiger charge is -2.09. The molecule has 2 heterocycles. The largest absolute Gasteiger partial charge is 0.493 e. The second kappa shape index (κ2) is 8.86. The maximum Gasteiger partial charge on any atom is 0.335 e. The number of carbonyl (C=O) groups excluding carboxylic acids is 1. The summed E-state index contributed by atoms with van der Waals surface area (Å²) in [6, 6.07) is 17.4. The standard InChI is InChI=1S/C27H22N2O5/c30-25-21(11-16-1-4-18(5-2-16)27(32)33)15-28-23-7-6-20(13-22(23)25)26(31)29-14-17-3-8-24-19(12-17)9-10-34-24/h1-8,12-13,15H,9-11,14H2,(H,28,30)(H,29,31)(H,32,33). The number of benzene rings is 3. The fourth-order valence-electron chi connectivity index (χ4n) is 4.15. The van der Waals surface area contributed by atoms with E-state index in [1.54, 1.807) is 36.5 Å². The molecule has 0 fully saturated rings. The first-order valence-electron chi connectivity index (χ1n) is 11.0. The van der Waals surface area contributed by atoms with Gasteiger partial charge in [0.05, 0.1) is 12.2 Å². The molecule has 0 radical (unpaired) electrons. The molecular formula is C27H22N2O5. The average Bonchev–Trinajstić information content (AvgIpc) is 3.32. The van der Waals surface area contributed by atoms with Gasteiger partial charge in [-0.15, -0.1) is 0 Å². The zero-order valence-corrected chi connectivity index (χ0v) is 18.3. The monoisotopic (exact) mass is 454 g/mol. The number of fused-ring (bicyclic) bond motifs is 2. The number of pyridine rings is 1. The fourth-order valence-corrected chi connectivity index (χ4v) is 4.15. The number of carbonyl (C=O) groups is 2. The van der Waals surface area contributed by atoms with E-state index in [4.69, 9.17) is 9.84 Å². The van der Waals surface area contributed by atoms with Gasteiger partial charge in [0.15, 0.2) is 5.43 Å². The third kappa shape index (κ3) is 4.28. The molecule has 1 amide bonds. The van der Waals surface area contributed by atoms with Gasteiger partial charge in [-0.2, -0.15) is 0 Å². The average molecular weight is 454 g/mol. The normalized spacial score (nSPS) is 12.2. The molecule has 5 rings (SSSR count). The highest BCUT2D eigenvalue weighted by molar-refractivity contribution is 5.98. The van der Waals surface area contributed by atoms with E-state index >= 15 is 0 Å². The van der Waals surface area contributed by atoms with Crippen molar-refractivity contribution in [2.45, 2.75) is 19.4 Å². The number of hydrogen-bond donors (Lipinski definition) is 3. The van der Waals surface area contributed by atoms with Crippen LogP contribution in [-0.2, 0) is 19.4 Å². The van der Waals surface area contributed by atoms with Gasteiger partial charge in [-0.1, -0.05) is 24.3 Å². The van der Waals surface area contributed by atoms with Crippen molar-refractivity contribution in [2.75, 3.05) is 6.61 Å². The molecule has 0 bridgehead atoms. The van der Waals surface area contributed by atoms with Crippen LogP contribution in [0.3, 0.4) is 0 Å². The van der Waals surface area contributed by atoms with Crippen LogP contribution in [0.25, 0.3) is 10.9 Å². The molecular weight excluding hydrogens is 432 g/mol. The lowest BCUT2D eigenvalue weighted by molar-refractivity contribution is 0.0696. The first kappa shape index (κ1) is 21.5. The Morgan fingerprint density at radius 1 is 0.971 bits per heavy atom. The summed E-state index contributed by atoms with van der Waals surface area (Å²) >= 11 is 0. The molecule has 0 saturated heterocycles. The summed E-state index contributed by atoms with van der Waals surface area (Å²) in [7, 11) is 0. The molecule has 4 aromatic rings. The van der Waals surface area contributed by atoms with Crippen LogP contribution in [0.4, 0.5) is 0 Å². The first-order valence-corrected chi connectivity index (χ1v) is 11.0. The maximum atomic E-state index is 13.1. The fraction of sp³-hybridized carbons (Fsp3) is 0.148. The van der Waals surface area contributed by atoms with Gasteiger partial charge in [-0.05, 0) is 53.1 Å². The minimum Gasteiger partial charge on any atom is -0.493 e. The van der Waals surface area contributed by atoms with Gasteiger partial charge in [0, 0.05) is 47.6 Å². The van der Waals surface area contributed by atoms with Crippen molar-refractivity contribution >= 4 is 22.8 Å². The lowest BCUT2D eigenvalue weighted by atomic mass is 10.0. The Labute approximate surface area is 195 Å². The summed E-state index contributed by atoms with van der Waals surface area (Å²) in [6.07, 6.45) is 2.88. The van der Waals surface area contributed by atoms with Gasteiger partial charge in [0.1, 0.15) is 5.75 Å². The quantitative estimate of drug-likeness (QED) is 0.412. The van der Waals surface area contributed by atoms with Crippen molar-refractivity contribution in [3.63, 3.8) is 0 Å². The van der Waals surface area contributed by atoms with E-state index in [1.807, 2.05) is 18.2 Å². The van der Waals surface area contributed by atoms with Crippen LogP contribution in [0.2, 0.25) is 0 Å². The second-order valence-electron chi connectivity index (χ2n) is 8.31. The smallest absolute Gasteiger partial charge is 0.335 e. The van der Waals surface area contributed by atoms with Crippen molar-refractivity contribution in [3.05, 3.63) is 110 Å². The molecule has 3 N–H and O–H groups in total. The predicted octanol–water partition coefficient (Wildman–Crippen LogP) is 3.68. The summed E-state index contributed by atoms with van der Waals surface area (Å²) in [6.45, 7) is 1.07. The minimum atomic E-state index is -0.994. The van der Waals surface area contributed by atoms with Crippen molar-refractivity contribution < 1.29 is 19.4 Å². The maximum absolute atomic E-state index is 13.1. The molecule has 0 spiro atoms. The van der Waals surface area contributed by atoms with E-state index in [0.717, 1.165) is 28.9 Å². The van der Waals surface area contributed by atoms with Crippen LogP contribution in [0, 0.1) is 0 Å². The van der Waals surface area contributed by atoms with Crippen molar-refractivity contribution in [1.29, 1.82) is 0 Å². The van der Waals surface area contributed by atoms with Crippen LogP contribution >= 0.6 is 0 Å². The molecule has 7 heteroatoms. The molecule has 1 aromatic heterocycles. The molecule has 170 valence electrons. The van der Waals surface area contributed by atoms with E-state index in [9.17, 15) is 14.4 Å². The zero-order valence-electron chi connectivity index (χ0n) is 18.3. The van der Waals surface area contributed by atoms with Crippen LogP contribution in [0.5, 0.6) is 5.75 Å². The van der Waals surface area contributed by atoms with Crippen LogP contribution in [0.1, 0.15) is 43.0 Å². The summed E-state index contributed by atoms with van der Waals surface area (Å²) < 4.78 is 5.52. The Bertz CT molecular complexity index is 1470. The summed E-state index contributed by atoms with van der Waals surface area (Å²) in [5.74, 6) is -0.351. The Balaban J connectivity index is 1.34. The highest BCUT2D eigenvalue weighted by atomic mass is 16.5. The van der Waals surface area contributed by atoms with Crippen molar-refractivity contribution in [3.8, 4) is 5.75 Å². The number of aromatic nitrogens is 1. The molecule has 1 aliphatic heterocycles. The van der Waals surface area contributed by atoms with E-state index in [1.165, 1.54) is 12.1 Å². The molecule has 0 unspecified atom stereocenters. The minimum absolute atomic E-state index is 0.163. The Hall–Kier alpha value is -4.39. The SMILES string of the molecule is O=C(O)c1ccc(Cc2c[nH]c3ccc(C(=O)NCc4ccc5c(c4)CCO5)cc3c2=O)cc1. The number of amides is 1. The second-order valence-corrected chi connectivity index (χ2v) is 8.31. The Morgan fingerprint density at radius 2 is 1.74 bits per heavy atom. The summed E-state index contributed by atoms with van der Waals surface area (Å²) in [5, 5.41) is 12.4. The van der Waals surface area contributed by atoms with Gasteiger partial charge in [0.2, 0.25) is 0 Å². The van der Waals surface area contributed by atoms with Gasteiger partial charge < -0.3 is 20.1 Å². The predicted molar refractivity (Wildman–Crippen MR) is 128 cm³/mol. The molecule has 0 aliphatic carbocycles. The van der Waals surface area contributed by atoms with Crippen molar-refractivity contribution in [1.82, 2.24) is 10.3 Å². The van der Waals surface area contributed by atoms with Gasteiger partial charge in [-0.25, -0.2) is 4.79 Å².